The lowest BCUT2D eigenvalue weighted by atomic mass is 9.98. The Morgan fingerprint density at radius 2 is 1.88 bits per heavy atom. The molecule has 1 aliphatic heterocycles. The molecule has 2 aromatic rings. The molecule has 1 aromatic heterocycles. The van der Waals surface area contributed by atoms with Gasteiger partial charge >= 0.3 is 0 Å². The van der Waals surface area contributed by atoms with Crippen LogP contribution in [0.2, 0.25) is 0 Å². The fourth-order valence-corrected chi connectivity index (χ4v) is 2.63. The number of nitrogens with zero attached hydrogens (tertiary/aromatic N) is 2. The summed E-state index contributed by atoms with van der Waals surface area (Å²) >= 11 is 0. The highest BCUT2D eigenvalue weighted by molar-refractivity contribution is 5.95. The maximum Gasteiger partial charge on any atom is 0.263 e. The van der Waals surface area contributed by atoms with Crippen molar-refractivity contribution >= 4 is 11.8 Å². The average molecular weight is 329 g/mol. The highest BCUT2D eigenvalue weighted by Gasteiger charge is 2.35. The molecule has 0 unspecified atom stereocenters. The molecular weight excluding hydrogens is 313 g/mol. The van der Waals surface area contributed by atoms with E-state index in [0.29, 0.717) is 5.56 Å². The molecule has 0 saturated carbocycles. The van der Waals surface area contributed by atoms with Gasteiger partial charge in [0.15, 0.2) is 0 Å². The molecule has 2 N–H and O–H groups in total. The number of aromatic nitrogens is 1. The summed E-state index contributed by atoms with van der Waals surface area (Å²) < 4.78 is 15.0. The first kappa shape index (κ1) is 15.9. The van der Waals surface area contributed by atoms with Crippen molar-refractivity contribution in [1.82, 2.24) is 9.47 Å². The molecule has 2 amide bonds. The maximum atomic E-state index is 13.7. The Bertz CT molecular complexity index is 856. The van der Waals surface area contributed by atoms with Crippen LogP contribution in [0.3, 0.4) is 0 Å². The fraction of sp³-hybridized carbons (Fsp3) is 0.235. The van der Waals surface area contributed by atoms with Crippen LogP contribution in [0.1, 0.15) is 15.9 Å². The molecule has 1 aliphatic rings. The van der Waals surface area contributed by atoms with Crippen LogP contribution in [0.4, 0.5) is 4.39 Å². The van der Waals surface area contributed by atoms with E-state index >= 15 is 0 Å². The normalized spacial score (nSPS) is 14.3. The lowest BCUT2D eigenvalue weighted by Crippen LogP contribution is -2.55. The third kappa shape index (κ3) is 2.92. The minimum atomic E-state index is -0.492. The molecule has 1 fully saturated rings. The van der Waals surface area contributed by atoms with Gasteiger partial charge in [-0.1, -0.05) is 18.2 Å². The molecule has 0 bridgehead atoms. The molecule has 0 spiro atoms. The zero-order chi connectivity index (χ0) is 17.3. The number of amides is 2. The summed E-state index contributed by atoms with van der Waals surface area (Å²) in [6, 6.07) is 9.16. The van der Waals surface area contributed by atoms with Crippen LogP contribution < -0.4 is 11.3 Å². The van der Waals surface area contributed by atoms with Crippen molar-refractivity contribution in [1.29, 1.82) is 0 Å². The smallest absolute Gasteiger partial charge is 0.263 e. The maximum absolute atomic E-state index is 13.7. The standard InChI is InChI=1S/C17H16FN3O3/c18-14-6-2-1-4-11(14)8-20-7-3-5-13(16(20)23)17(24)21-9-12(10-21)15(19)22/h1-7,12H,8-10H2,(H2,19,22). The fourth-order valence-electron chi connectivity index (χ4n) is 2.63. The van der Waals surface area contributed by atoms with Gasteiger partial charge in [0.2, 0.25) is 5.91 Å². The van der Waals surface area contributed by atoms with Crippen molar-refractivity contribution in [3.63, 3.8) is 0 Å². The van der Waals surface area contributed by atoms with Crippen LogP contribution in [-0.4, -0.2) is 34.4 Å². The molecule has 0 aliphatic carbocycles. The molecule has 0 atom stereocenters. The van der Waals surface area contributed by atoms with Crippen molar-refractivity contribution in [3.8, 4) is 0 Å². The Balaban J connectivity index is 1.82. The van der Waals surface area contributed by atoms with Crippen LogP contribution in [-0.2, 0) is 11.3 Å². The Hall–Kier alpha value is -2.96. The van der Waals surface area contributed by atoms with Crippen LogP contribution in [0.25, 0.3) is 0 Å². The van der Waals surface area contributed by atoms with Gasteiger partial charge in [-0.25, -0.2) is 4.39 Å². The van der Waals surface area contributed by atoms with E-state index in [1.807, 2.05) is 0 Å². The van der Waals surface area contributed by atoms with E-state index in [0.717, 1.165) is 0 Å². The lowest BCUT2D eigenvalue weighted by Gasteiger charge is -2.37. The van der Waals surface area contributed by atoms with Gasteiger partial charge in [-0.15, -0.1) is 0 Å². The molecule has 1 aromatic carbocycles. The summed E-state index contributed by atoms with van der Waals surface area (Å²) in [5.41, 5.74) is 5.04. The Morgan fingerprint density at radius 1 is 1.17 bits per heavy atom. The van der Waals surface area contributed by atoms with Crippen molar-refractivity contribution in [2.24, 2.45) is 11.7 Å². The van der Waals surface area contributed by atoms with Gasteiger partial charge in [-0.3, -0.25) is 14.4 Å². The lowest BCUT2D eigenvalue weighted by molar-refractivity contribution is -0.125. The number of rotatable bonds is 4. The molecule has 3 rings (SSSR count). The summed E-state index contributed by atoms with van der Waals surface area (Å²) in [5, 5.41) is 0. The van der Waals surface area contributed by atoms with Crippen molar-refractivity contribution < 1.29 is 14.0 Å². The van der Waals surface area contributed by atoms with Crippen molar-refractivity contribution in [2.45, 2.75) is 6.54 Å². The van der Waals surface area contributed by atoms with Gasteiger partial charge in [0.05, 0.1) is 12.5 Å². The van der Waals surface area contributed by atoms with E-state index < -0.39 is 23.2 Å². The Labute approximate surface area is 137 Å². The summed E-state index contributed by atoms with van der Waals surface area (Å²) in [7, 11) is 0. The van der Waals surface area contributed by atoms with Crippen molar-refractivity contribution in [2.75, 3.05) is 13.1 Å². The average Bonchev–Trinajstić information content (AvgIpc) is 2.49. The molecule has 0 radical (unpaired) electrons. The molecule has 6 nitrogen and oxygen atoms in total. The molecule has 2 heterocycles. The third-order valence-electron chi connectivity index (χ3n) is 4.12. The van der Waals surface area contributed by atoms with Gasteiger partial charge in [-0.2, -0.15) is 0 Å². The number of carbonyl (C=O) groups excluding carboxylic acids is 2. The first-order valence-electron chi connectivity index (χ1n) is 7.49. The summed E-state index contributed by atoms with van der Waals surface area (Å²) in [6.45, 7) is 0.474. The zero-order valence-electron chi connectivity index (χ0n) is 12.8. The summed E-state index contributed by atoms with van der Waals surface area (Å²) in [5.74, 6) is -1.67. The summed E-state index contributed by atoms with van der Waals surface area (Å²) in [4.78, 5) is 37.3. The monoisotopic (exact) mass is 329 g/mol. The Kier molecular flexibility index (Phi) is 4.16. The highest BCUT2D eigenvalue weighted by atomic mass is 19.1. The minimum Gasteiger partial charge on any atom is -0.369 e. The largest absolute Gasteiger partial charge is 0.369 e. The quantitative estimate of drug-likeness (QED) is 0.891. The number of likely N-dealkylation sites (tertiary alicyclic amines) is 1. The number of pyridine rings is 1. The van der Waals surface area contributed by atoms with Gasteiger partial charge in [0.1, 0.15) is 11.4 Å². The van der Waals surface area contributed by atoms with Crippen LogP contribution in [0.15, 0.2) is 47.4 Å². The number of benzene rings is 1. The second-order valence-electron chi connectivity index (χ2n) is 5.76. The SMILES string of the molecule is NC(=O)C1CN(C(=O)c2cccn(Cc3ccccc3F)c2=O)C1. The Morgan fingerprint density at radius 3 is 2.54 bits per heavy atom. The first-order valence-corrected chi connectivity index (χ1v) is 7.49. The minimum absolute atomic E-state index is 0.00300. The van der Waals surface area contributed by atoms with E-state index in [1.165, 1.54) is 27.8 Å². The number of primary amides is 1. The molecule has 24 heavy (non-hydrogen) atoms. The second-order valence-corrected chi connectivity index (χ2v) is 5.76. The number of nitrogens with two attached hydrogens (primary N) is 1. The summed E-state index contributed by atoms with van der Waals surface area (Å²) in [6.07, 6.45) is 1.51. The van der Waals surface area contributed by atoms with Gasteiger partial charge in [0.25, 0.3) is 11.5 Å². The van der Waals surface area contributed by atoms with E-state index in [9.17, 15) is 18.8 Å². The predicted octanol–water partition coefficient (Wildman–Crippen LogP) is 0.593. The number of halogens is 1. The number of hydrogen-bond acceptors (Lipinski definition) is 3. The van der Waals surface area contributed by atoms with Gasteiger partial charge in [0, 0.05) is 24.8 Å². The predicted molar refractivity (Wildman–Crippen MR) is 84.8 cm³/mol. The molecular formula is C17H16FN3O3. The highest BCUT2D eigenvalue weighted by Crippen LogP contribution is 2.17. The van der Waals surface area contributed by atoms with E-state index in [1.54, 1.807) is 24.3 Å². The zero-order valence-corrected chi connectivity index (χ0v) is 12.8. The van der Waals surface area contributed by atoms with Crippen molar-refractivity contribution in [3.05, 3.63) is 69.9 Å². The number of hydrogen-bond donors (Lipinski definition) is 1. The third-order valence-corrected chi connectivity index (χ3v) is 4.12. The van der Waals surface area contributed by atoms with Crippen LogP contribution in [0, 0.1) is 11.7 Å². The first-order chi connectivity index (χ1) is 11.5. The van der Waals surface area contributed by atoms with E-state index in [2.05, 4.69) is 0 Å². The topological polar surface area (TPSA) is 85.4 Å². The number of carbonyl (C=O) groups is 2. The second kappa shape index (κ2) is 6.27. The molecule has 7 heteroatoms. The van der Waals surface area contributed by atoms with E-state index in [-0.39, 0.29) is 31.1 Å². The van der Waals surface area contributed by atoms with Gasteiger partial charge < -0.3 is 15.2 Å². The molecule has 124 valence electrons. The van der Waals surface area contributed by atoms with E-state index in [4.69, 9.17) is 5.73 Å². The molecule has 1 saturated heterocycles. The van der Waals surface area contributed by atoms with Crippen LogP contribution >= 0.6 is 0 Å². The van der Waals surface area contributed by atoms with Gasteiger partial charge in [-0.05, 0) is 18.2 Å². The van der Waals surface area contributed by atoms with Crippen LogP contribution in [0.5, 0.6) is 0 Å².